The average molecular weight is 408 g/mol. The lowest BCUT2D eigenvalue weighted by atomic mass is 9.69. The van der Waals surface area contributed by atoms with Gasteiger partial charge in [0, 0.05) is 11.7 Å². The molecule has 1 spiro atoms. The molecule has 1 saturated carbocycles. The van der Waals surface area contributed by atoms with Crippen molar-refractivity contribution in [3.05, 3.63) is 59.3 Å². The molecule has 7 nitrogen and oxygen atoms in total. The van der Waals surface area contributed by atoms with Gasteiger partial charge in [0.25, 0.3) is 0 Å². The molecule has 0 bridgehead atoms. The Balaban J connectivity index is 1.56. The molecule has 1 aliphatic heterocycles. The molecule has 2 aromatic rings. The van der Waals surface area contributed by atoms with Gasteiger partial charge in [0.05, 0.1) is 17.6 Å². The van der Waals surface area contributed by atoms with Crippen molar-refractivity contribution in [1.82, 2.24) is 15.2 Å². The SMILES string of the molecule is Cc1cc(C(N)=O)cnc1N1CC2(CCC(c3ccccc3)(N(C)C)CC2)NC1=O. The standard InChI is InChI=1S/C23H29N5O2/c1-16-13-17(19(24)29)14-25-20(16)28-15-22(26-21(28)30)9-11-23(12-10-22,27(2)3)18-7-5-4-6-8-18/h4-8,13-14H,9-12,15H2,1-3H3,(H2,24,29)(H,26,30). The molecule has 4 rings (SSSR count). The number of carbonyl (C=O) groups is 2. The molecule has 1 aromatic heterocycles. The van der Waals surface area contributed by atoms with Crippen molar-refractivity contribution in [1.29, 1.82) is 0 Å². The van der Waals surface area contributed by atoms with Crippen LogP contribution in [0, 0.1) is 6.92 Å². The third-order valence-electron chi connectivity index (χ3n) is 6.87. The summed E-state index contributed by atoms with van der Waals surface area (Å²) in [6, 6.07) is 12.2. The average Bonchev–Trinajstić information content (AvgIpc) is 3.04. The number of anilines is 1. The summed E-state index contributed by atoms with van der Waals surface area (Å²) in [6.45, 7) is 2.42. The van der Waals surface area contributed by atoms with E-state index in [9.17, 15) is 9.59 Å². The van der Waals surface area contributed by atoms with E-state index >= 15 is 0 Å². The number of urea groups is 1. The maximum absolute atomic E-state index is 12.9. The van der Waals surface area contributed by atoms with Crippen LogP contribution in [0.25, 0.3) is 0 Å². The number of primary amides is 1. The Bertz CT molecular complexity index is 965. The number of pyridine rings is 1. The Morgan fingerprint density at radius 2 is 1.83 bits per heavy atom. The van der Waals surface area contributed by atoms with Gasteiger partial charge in [-0.15, -0.1) is 0 Å². The highest BCUT2D eigenvalue weighted by atomic mass is 16.2. The van der Waals surface area contributed by atoms with Gasteiger partial charge >= 0.3 is 6.03 Å². The lowest BCUT2D eigenvalue weighted by Crippen LogP contribution is -2.54. The number of nitrogens with two attached hydrogens (primary N) is 1. The lowest BCUT2D eigenvalue weighted by molar-refractivity contribution is 0.0657. The van der Waals surface area contributed by atoms with E-state index in [1.807, 2.05) is 13.0 Å². The molecular weight excluding hydrogens is 378 g/mol. The number of hydrogen-bond donors (Lipinski definition) is 2. The minimum absolute atomic E-state index is 0.0258. The van der Waals surface area contributed by atoms with Crippen LogP contribution in [0.2, 0.25) is 0 Å². The fraction of sp³-hybridized carbons (Fsp3) is 0.435. The van der Waals surface area contributed by atoms with Gasteiger partial charge in [0.15, 0.2) is 0 Å². The van der Waals surface area contributed by atoms with E-state index in [4.69, 9.17) is 5.73 Å². The normalized spacial score (nSPS) is 26.3. The van der Waals surface area contributed by atoms with Crippen LogP contribution in [0.3, 0.4) is 0 Å². The molecule has 2 aliphatic rings. The second kappa shape index (κ2) is 7.40. The Morgan fingerprint density at radius 1 is 1.17 bits per heavy atom. The molecular formula is C23H29N5O2. The summed E-state index contributed by atoms with van der Waals surface area (Å²) in [6.07, 6.45) is 5.15. The minimum Gasteiger partial charge on any atom is -0.366 e. The highest BCUT2D eigenvalue weighted by Gasteiger charge is 2.50. The molecule has 1 saturated heterocycles. The van der Waals surface area contributed by atoms with Crippen molar-refractivity contribution < 1.29 is 9.59 Å². The first kappa shape index (κ1) is 20.3. The molecule has 158 valence electrons. The largest absolute Gasteiger partial charge is 0.366 e. The maximum Gasteiger partial charge on any atom is 0.323 e. The molecule has 2 heterocycles. The van der Waals surface area contributed by atoms with Crippen molar-refractivity contribution >= 4 is 17.8 Å². The molecule has 1 aliphatic carbocycles. The van der Waals surface area contributed by atoms with Crippen LogP contribution < -0.4 is 16.0 Å². The van der Waals surface area contributed by atoms with Crippen molar-refractivity contribution in [3.63, 3.8) is 0 Å². The number of nitrogens with one attached hydrogen (secondary N) is 1. The van der Waals surface area contributed by atoms with Gasteiger partial charge in [0.2, 0.25) is 5.91 Å². The molecule has 30 heavy (non-hydrogen) atoms. The molecule has 0 atom stereocenters. The van der Waals surface area contributed by atoms with Crippen LogP contribution >= 0.6 is 0 Å². The summed E-state index contributed by atoms with van der Waals surface area (Å²) in [7, 11) is 4.27. The van der Waals surface area contributed by atoms with E-state index in [0.29, 0.717) is 17.9 Å². The number of hydrogen-bond acceptors (Lipinski definition) is 4. The summed E-state index contributed by atoms with van der Waals surface area (Å²) >= 11 is 0. The number of nitrogens with zero attached hydrogens (tertiary/aromatic N) is 3. The number of aryl methyl sites for hydroxylation is 1. The molecule has 0 unspecified atom stereocenters. The van der Waals surface area contributed by atoms with E-state index < -0.39 is 5.91 Å². The predicted octanol–water partition coefficient (Wildman–Crippen LogP) is 2.79. The monoisotopic (exact) mass is 407 g/mol. The van der Waals surface area contributed by atoms with Gasteiger partial charge in [0.1, 0.15) is 5.82 Å². The molecule has 2 fully saturated rings. The quantitative estimate of drug-likeness (QED) is 0.815. The fourth-order valence-corrected chi connectivity index (χ4v) is 5.03. The Hall–Kier alpha value is -2.93. The number of carbonyl (C=O) groups excluding carboxylic acids is 2. The van der Waals surface area contributed by atoms with E-state index in [1.54, 1.807) is 11.0 Å². The van der Waals surface area contributed by atoms with Crippen LogP contribution in [-0.4, -0.2) is 48.0 Å². The zero-order chi connectivity index (χ0) is 21.5. The molecule has 3 N–H and O–H groups in total. The van der Waals surface area contributed by atoms with Crippen molar-refractivity contribution in [2.75, 3.05) is 25.5 Å². The molecule has 0 radical (unpaired) electrons. The summed E-state index contributed by atoms with van der Waals surface area (Å²) < 4.78 is 0. The van der Waals surface area contributed by atoms with E-state index in [2.05, 4.69) is 53.6 Å². The topological polar surface area (TPSA) is 91.6 Å². The predicted molar refractivity (Wildman–Crippen MR) is 116 cm³/mol. The van der Waals surface area contributed by atoms with Crippen LogP contribution in [0.15, 0.2) is 42.6 Å². The third-order valence-corrected chi connectivity index (χ3v) is 6.87. The first-order chi connectivity index (χ1) is 14.3. The molecule has 3 amide bonds. The highest BCUT2D eigenvalue weighted by molar-refractivity contribution is 5.96. The molecule has 1 aromatic carbocycles. The van der Waals surface area contributed by atoms with Crippen LogP contribution in [0.4, 0.5) is 10.6 Å². The van der Waals surface area contributed by atoms with E-state index in [-0.39, 0.29) is 17.1 Å². The summed E-state index contributed by atoms with van der Waals surface area (Å²) in [5.41, 5.74) is 7.50. The lowest BCUT2D eigenvalue weighted by Gasteiger charge is -2.48. The fourth-order valence-electron chi connectivity index (χ4n) is 5.03. The zero-order valence-corrected chi connectivity index (χ0v) is 17.8. The van der Waals surface area contributed by atoms with Crippen molar-refractivity contribution in [3.8, 4) is 0 Å². The van der Waals surface area contributed by atoms with Crippen molar-refractivity contribution in [2.24, 2.45) is 5.73 Å². The zero-order valence-electron chi connectivity index (χ0n) is 17.8. The third kappa shape index (κ3) is 3.33. The smallest absolute Gasteiger partial charge is 0.323 e. The second-order valence-electron chi connectivity index (χ2n) is 8.82. The minimum atomic E-state index is -0.521. The van der Waals surface area contributed by atoms with Gasteiger partial charge in [-0.3, -0.25) is 14.6 Å². The second-order valence-corrected chi connectivity index (χ2v) is 8.82. The summed E-state index contributed by atoms with van der Waals surface area (Å²) in [5.74, 6) is 0.0644. The number of amides is 3. The van der Waals surface area contributed by atoms with Gasteiger partial charge in [-0.1, -0.05) is 30.3 Å². The van der Waals surface area contributed by atoms with Gasteiger partial charge < -0.3 is 11.1 Å². The van der Waals surface area contributed by atoms with Crippen molar-refractivity contribution in [2.45, 2.75) is 43.7 Å². The number of rotatable bonds is 4. The summed E-state index contributed by atoms with van der Waals surface area (Å²) in [4.78, 5) is 32.7. The van der Waals surface area contributed by atoms with E-state index in [1.165, 1.54) is 11.8 Å². The Kier molecular flexibility index (Phi) is 5.02. The van der Waals surface area contributed by atoms with Gasteiger partial charge in [-0.05, 0) is 63.9 Å². The summed E-state index contributed by atoms with van der Waals surface area (Å²) in [5, 5.41) is 3.25. The highest BCUT2D eigenvalue weighted by Crippen LogP contribution is 2.46. The molecule has 7 heteroatoms. The van der Waals surface area contributed by atoms with Crippen LogP contribution in [-0.2, 0) is 5.54 Å². The first-order valence-corrected chi connectivity index (χ1v) is 10.4. The van der Waals surface area contributed by atoms with E-state index in [0.717, 1.165) is 31.2 Å². The van der Waals surface area contributed by atoms with Gasteiger partial charge in [-0.25, -0.2) is 9.78 Å². The maximum atomic E-state index is 12.9. The number of aromatic nitrogens is 1. The first-order valence-electron chi connectivity index (χ1n) is 10.4. The van der Waals surface area contributed by atoms with Crippen LogP contribution in [0.5, 0.6) is 0 Å². The number of benzene rings is 1. The Labute approximate surface area is 177 Å². The Morgan fingerprint density at radius 3 is 2.40 bits per heavy atom. The van der Waals surface area contributed by atoms with Crippen LogP contribution in [0.1, 0.15) is 47.2 Å². The van der Waals surface area contributed by atoms with Gasteiger partial charge in [-0.2, -0.15) is 0 Å².